The van der Waals surface area contributed by atoms with E-state index in [1.807, 2.05) is 0 Å². The fraction of sp³-hybridized carbons (Fsp3) is 0.500. The minimum absolute atomic E-state index is 0.0200. The molecule has 2 unspecified atom stereocenters. The lowest BCUT2D eigenvalue weighted by molar-refractivity contribution is 0.0786. The van der Waals surface area contributed by atoms with Gasteiger partial charge in [-0.15, -0.1) is 0 Å². The van der Waals surface area contributed by atoms with Crippen LogP contribution in [0.3, 0.4) is 0 Å². The van der Waals surface area contributed by atoms with Crippen molar-refractivity contribution in [2.45, 2.75) is 25.2 Å². The molecular weight excluding hydrogens is 356 g/mol. The fourth-order valence-electron chi connectivity index (χ4n) is 2.38. The van der Waals surface area contributed by atoms with Crippen molar-refractivity contribution in [2.75, 3.05) is 13.6 Å². The molecular formula is C14H19BrN2O3S. The molecule has 2 rings (SSSR count). The molecule has 1 aliphatic carbocycles. The number of rotatable bonds is 4. The number of primary sulfonamides is 1. The summed E-state index contributed by atoms with van der Waals surface area (Å²) in [5, 5.41) is 5.21. The number of benzene rings is 1. The van der Waals surface area contributed by atoms with Crippen LogP contribution in [0.15, 0.2) is 21.5 Å². The molecule has 0 bridgehead atoms. The monoisotopic (exact) mass is 374 g/mol. The molecule has 21 heavy (non-hydrogen) atoms. The molecule has 0 spiro atoms. The average Bonchev–Trinajstić information content (AvgIpc) is 3.05. The van der Waals surface area contributed by atoms with E-state index < -0.39 is 10.0 Å². The summed E-state index contributed by atoms with van der Waals surface area (Å²) in [5.41, 5.74) is 0.833. The second kappa shape index (κ2) is 5.70. The topological polar surface area (TPSA) is 80.5 Å². The zero-order valence-electron chi connectivity index (χ0n) is 12.3. The summed E-state index contributed by atoms with van der Waals surface area (Å²) in [6.45, 7) is 4.49. The smallest absolute Gasteiger partial charge is 0.253 e. The van der Waals surface area contributed by atoms with Gasteiger partial charge >= 0.3 is 0 Å². The number of halogens is 1. The lowest BCUT2D eigenvalue weighted by Gasteiger charge is -2.18. The van der Waals surface area contributed by atoms with E-state index in [0.29, 0.717) is 34.0 Å². The van der Waals surface area contributed by atoms with Crippen LogP contribution in [-0.2, 0) is 10.0 Å². The maximum absolute atomic E-state index is 12.4. The van der Waals surface area contributed by atoms with Gasteiger partial charge in [-0.05, 0) is 42.9 Å². The standard InChI is InChI=1S/C14H19BrN2O3S/c1-8-4-11(8)7-17(3)14(18)10-5-12(15)9(2)13(6-10)21(16,19)20/h5-6,8,11H,4,7H2,1-3H3,(H2,16,19,20). The third-order valence-electron chi connectivity index (χ3n) is 3.98. The Hall–Kier alpha value is -0.920. The molecule has 1 aliphatic rings. The molecule has 2 atom stereocenters. The second-order valence-corrected chi connectivity index (χ2v) is 8.17. The number of carbonyl (C=O) groups is 1. The third kappa shape index (κ3) is 3.64. The zero-order valence-corrected chi connectivity index (χ0v) is 14.7. The van der Waals surface area contributed by atoms with Crippen molar-refractivity contribution < 1.29 is 13.2 Å². The van der Waals surface area contributed by atoms with Crippen LogP contribution < -0.4 is 5.14 Å². The van der Waals surface area contributed by atoms with Crippen LogP contribution in [0.2, 0.25) is 0 Å². The summed E-state index contributed by atoms with van der Waals surface area (Å²) in [4.78, 5) is 14.0. The summed E-state index contributed by atoms with van der Waals surface area (Å²) in [7, 11) is -2.12. The van der Waals surface area contributed by atoms with E-state index in [0.717, 1.165) is 6.42 Å². The Bertz CT molecular complexity index is 688. The van der Waals surface area contributed by atoms with Crippen LogP contribution in [0.4, 0.5) is 0 Å². The van der Waals surface area contributed by atoms with Gasteiger partial charge in [0.2, 0.25) is 10.0 Å². The maximum atomic E-state index is 12.4. The van der Waals surface area contributed by atoms with Gasteiger partial charge in [-0.25, -0.2) is 13.6 Å². The highest BCUT2D eigenvalue weighted by atomic mass is 79.9. The van der Waals surface area contributed by atoms with Crippen LogP contribution in [-0.4, -0.2) is 32.8 Å². The molecule has 0 saturated heterocycles. The van der Waals surface area contributed by atoms with Crippen molar-refractivity contribution in [3.8, 4) is 0 Å². The molecule has 1 aromatic rings. The molecule has 0 heterocycles. The number of carbonyl (C=O) groups excluding carboxylic acids is 1. The predicted octanol–water partition coefficient (Wildman–Crippen LogP) is 2.13. The highest BCUT2D eigenvalue weighted by molar-refractivity contribution is 9.10. The van der Waals surface area contributed by atoms with Crippen LogP contribution in [0.5, 0.6) is 0 Å². The van der Waals surface area contributed by atoms with Gasteiger partial charge in [-0.2, -0.15) is 0 Å². The second-order valence-electron chi connectivity index (χ2n) is 5.78. The number of nitrogens with zero attached hydrogens (tertiary/aromatic N) is 1. The van der Waals surface area contributed by atoms with Gasteiger partial charge in [0.05, 0.1) is 4.90 Å². The average molecular weight is 375 g/mol. The van der Waals surface area contributed by atoms with Gasteiger partial charge in [0.1, 0.15) is 0 Å². The Morgan fingerprint density at radius 2 is 2.05 bits per heavy atom. The lowest BCUT2D eigenvalue weighted by atomic mass is 10.1. The summed E-state index contributed by atoms with van der Waals surface area (Å²) in [6.07, 6.45) is 1.14. The van der Waals surface area contributed by atoms with E-state index in [4.69, 9.17) is 5.14 Å². The van der Waals surface area contributed by atoms with Crippen LogP contribution >= 0.6 is 15.9 Å². The Morgan fingerprint density at radius 3 is 2.52 bits per heavy atom. The van der Waals surface area contributed by atoms with E-state index in [1.54, 1.807) is 24.9 Å². The number of nitrogens with two attached hydrogens (primary N) is 1. The Morgan fingerprint density at radius 1 is 1.48 bits per heavy atom. The van der Waals surface area contributed by atoms with Crippen molar-refractivity contribution in [1.29, 1.82) is 0 Å². The van der Waals surface area contributed by atoms with Crippen LogP contribution in [0, 0.1) is 18.8 Å². The first-order valence-corrected chi connectivity index (χ1v) is 9.03. The Balaban J connectivity index is 2.31. The number of hydrogen-bond acceptors (Lipinski definition) is 3. The first kappa shape index (κ1) is 16.5. The number of amides is 1. The van der Waals surface area contributed by atoms with Crippen LogP contribution in [0.25, 0.3) is 0 Å². The Kier molecular flexibility index (Phi) is 4.46. The molecule has 0 aliphatic heterocycles. The molecule has 7 heteroatoms. The first-order valence-electron chi connectivity index (χ1n) is 6.69. The quantitative estimate of drug-likeness (QED) is 0.876. The molecule has 116 valence electrons. The molecule has 1 aromatic carbocycles. The number of hydrogen-bond donors (Lipinski definition) is 1. The van der Waals surface area contributed by atoms with E-state index in [9.17, 15) is 13.2 Å². The number of sulfonamides is 1. The summed E-state index contributed by atoms with van der Waals surface area (Å²) >= 11 is 3.29. The van der Waals surface area contributed by atoms with Gasteiger partial charge in [0.25, 0.3) is 5.91 Å². The van der Waals surface area contributed by atoms with Gasteiger partial charge in [0, 0.05) is 23.6 Å². The molecule has 0 aromatic heterocycles. The lowest BCUT2D eigenvalue weighted by Crippen LogP contribution is -2.29. The van der Waals surface area contributed by atoms with Gasteiger partial charge in [-0.3, -0.25) is 4.79 Å². The zero-order chi connectivity index (χ0) is 15.9. The summed E-state index contributed by atoms with van der Waals surface area (Å²) in [6, 6.07) is 2.99. The molecule has 0 radical (unpaired) electrons. The van der Waals surface area contributed by atoms with E-state index >= 15 is 0 Å². The van der Waals surface area contributed by atoms with Gasteiger partial charge in [-0.1, -0.05) is 22.9 Å². The third-order valence-corrected chi connectivity index (χ3v) is 5.84. The Labute approximate surface area is 133 Å². The van der Waals surface area contributed by atoms with E-state index in [1.165, 1.54) is 6.07 Å². The first-order chi connectivity index (χ1) is 9.61. The SMILES string of the molecule is Cc1c(Br)cc(C(=O)N(C)CC2CC2C)cc1S(N)(=O)=O. The van der Waals surface area contributed by atoms with Crippen molar-refractivity contribution >= 4 is 31.9 Å². The van der Waals surface area contributed by atoms with Crippen molar-refractivity contribution in [1.82, 2.24) is 4.90 Å². The largest absolute Gasteiger partial charge is 0.341 e. The minimum Gasteiger partial charge on any atom is -0.341 e. The minimum atomic E-state index is -3.86. The summed E-state index contributed by atoms with van der Waals surface area (Å²) in [5.74, 6) is 1.01. The molecule has 2 N–H and O–H groups in total. The highest BCUT2D eigenvalue weighted by Crippen LogP contribution is 2.38. The molecule has 1 amide bonds. The normalized spacial score (nSPS) is 21.2. The molecule has 1 fully saturated rings. The van der Waals surface area contributed by atoms with Gasteiger partial charge < -0.3 is 4.90 Å². The predicted molar refractivity (Wildman–Crippen MR) is 84.5 cm³/mol. The van der Waals surface area contributed by atoms with E-state index in [2.05, 4.69) is 22.9 Å². The summed E-state index contributed by atoms with van der Waals surface area (Å²) < 4.78 is 23.8. The van der Waals surface area contributed by atoms with Crippen molar-refractivity contribution in [3.05, 3.63) is 27.7 Å². The molecule has 5 nitrogen and oxygen atoms in total. The highest BCUT2D eigenvalue weighted by Gasteiger charge is 2.34. The molecule has 1 saturated carbocycles. The van der Waals surface area contributed by atoms with Crippen LogP contribution in [0.1, 0.15) is 29.3 Å². The van der Waals surface area contributed by atoms with Crippen molar-refractivity contribution in [2.24, 2.45) is 17.0 Å². The maximum Gasteiger partial charge on any atom is 0.253 e. The van der Waals surface area contributed by atoms with Crippen molar-refractivity contribution in [3.63, 3.8) is 0 Å². The van der Waals surface area contributed by atoms with Gasteiger partial charge in [0.15, 0.2) is 0 Å². The fourth-order valence-corrected chi connectivity index (χ4v) is 3.80. The van der Waals surface area contributed by atoms with E-state index in [-0.39, 0.29) is 10.8 Å².